The van der Waals surface area contributed by atoms with Crippen LogP contribution < -0.4 is 10.6 Å². The third-order valence-electron chi connectivity index (χ3n) is 5.71. The van der Waals surface area contributed by atoms with Crippen LogP contribution in [0.1, 0.15) is 26.4 Å². The van der Waals surface area contributed by atoms with Crippen molar-refractivity contribution in [3.05, 3.63) is 107 Å². The van der Waals surface area contributed by atoms with Crippen LogP contribution in [0.25, 0.3) is 16.9 Å². The lowest BCUT2D eigenvalue weighted by atomic mass is 10.1. The van der Waals surface area contributed by atoms with E-state index in [0.29, 0.717) is 22.7 Å². The van der Waals surface area contributed by atoms with Gasteiger partial charge in [-0.05, 0) is 48.0 Å². The summed E-state index contributed by atoms with van der Waals surface area (Å²) in [7, 11) is 1.59. The zero-order valence-corrected chi connectivity index (χ0v) is 19.4. The Morgan fingerprint density at radius 3 is 2.54 bits per heavy atom. The molecule has 0 fully saturated rings. The van der Waals surface area contributed by atoms with Gasteiger partial charge >= 0.3 is 0 Å². The van der Waals surface area contributed by atoms with E-state index in [0.717, 1.165) is 18.2 Å². The molecule has 2 aromatic carbocycles. The second-order valence-corrected chi connectivity index (χ2v) is 8.19. The molecule has 37 heavy (non-hydrogen) atoms. The first-order valence-corrected chi connectivity index (χ1v) is 11.1. The first kappa shape index (κ1) is 23.8. The molecular weight excluding hydrogens is 485 g/mol. The SMILES string of the molecule is Cn1nc(-c2cc(C(=O)NCc3ccc(F)c(F)c3)ccc2F)cc1NC(=O)c1cnc2ccccn12. The number of hydrogen-bond acceptors (Lipinski definition) is 4. The van der Waals surface area contributed by atoms with Gasteiger partial charge in [-0.25, -0.2) is 18.2 Å². The number of amides is 2. The largest absolute Gasteiger partial charge is 0.348 e. The number of aromatic nitrogens is 4. The molecule has 0 atom stereocenters. The Morgan fingerprint density at radius 2 is 1.73 bits per heavy atom. The van der Waals surface area contributed by atoms with E-state index in [9.17, 15) is 22.8 Å². The van der Waals surface area contributed by atoms with E-state index in [4.69, 9.17) is 0 Å². The minimum atomic E-state index is -1.02. The fourth-order valence-corrected chi connectivity index (χ4v) is 3.79. The van der Waals surface area contributed by atoms with Crippen LogP contribution in [0.3, 0.4) is 0 Å². The Kier molecular flexibility index (Phi) is 6.18. The first-order chi connectivity index (χ1) is 17.8. The molecule has 8 nitrogen and oxygen atoms in total. The number of carbonyl (C=O) groups is 2. The molecule has 3 heterocycles. The van der Waals surface area contributed by atoms with Crippen LogP contribution in [-0.2, 0) is 13.6 Å². The number of halogens is 3. The third kappa shape index (κ3) is 4.79. The van der Waals surface area contributed by atoms with E-state index in [1.165, 1.54) is 35.1 Å². The summed E-state index contributed by atoms with van der Waals surface area (Å²) in [5.74, 6) is -3.28. The molecule has 5 rings (SSSR count). The minimum absolute atomic E-state index is 0.0476. The summed E-state index contributed by atoms with van der Waals surface area (Å²) in [5.41, 5.74) is 1.67. The Labute approximate surface area is 208 Å². The zero-order valence-electron chi connectivity index (χ0n) is 19.4. The van der Waals surface area contributed by atoms with Crippen molar-refractivity contribution in [3.63, 3.8) is 0 Å². The third-order valence-corrected chi connectivity index (χ3v) is 5.71. The topological polar surface area (TPSA) is 93.3 Å². The average Bonchev–Trinajstić information content (AvgIpc) is 3.48. The molecule has 0 saturated carbocycles. The Morgan fingerprint density at radius 1 is 0.919 bits per heavy atom. The van der Waals surface area contributed by atoms with Gasteiger partial charge < -0.3 is 10.6 Å². The van der Waals surface area contributed by atoms with E-state index in [1.807, 2.05) is 6.07 Å². The second kappa shape index (κ2) is 9.61. The van der Waals surface area contributed by atoms with Crippen LogP contribution in [0.2, 0.25) is 0 Å². The number of carbonyl (C=O) groups excluding carboxylic acids is 2. The zero-order chi connectivity index (χ0) is 26.1. The molecule has 3 aromatic heterocycles. The quantitative estimate of drug-likeness (QED) is 0.360. The molecular formula is C26H19F3N6O2. The summed E-state index contributed by atoms with van der Waals surface area (Å²) < 4.78 is 44.2. The first-order valence-electron chi connectivity index (χ1n) is 11.1. The van der Waals surface area contributed by atoms with Gasteiger partial charge in [0.05, 0.1) is 11.9 Å². The van der Waals surface area contributed by atoms with Crippen LogP contribution in [-0.4, -0.2) is 31.0 Å². The number of fused-ring (bicyclic) bond motifs is 1. The molecule has 2 amide bonds. The highest BCUT2D eigenvalue weighted by atomic mass is 19.2. The van der Waals surface area contributed by atoms with Gasteiger partial charge in [0.25, 0.3) is 11.8 Å². The molecule has 11 heteroatoms. The summed E-state index contributed by atoms with van der Waals surface area (Å²) in [6, 6.07) is 13.9. The summed E-state index contributed by atoms with van der Waals surface area (Å²) in [6.45, 7) is -0.0498. The molecule has 186 valence electrons. The molecule has 0 spiro atoms. The molecule has 0 saturated heterocycles. The van der Waals surface area contributed by atoms with Gasteiger partial charge in [-0.3, -0.25) is 18.7 Å². The molecule has 5 aromatic rings. The number of pyridine rings is 1. The number of imidazole rings is 1. The van der Waals surface area contributed by atoms with Gasteiger partial charge in [-0.2, -0.15) is 5.10 Å². The Balaban J connectivity index is 1.34. The number of hydrogen-bond donors (Lipinski definition) is 2. The second-order valence-electron chi connectivity index (χ2n) is 8.19. The normalized spacial score (nSPS) is 11.0. The maximum atomic E-state index is 14.7. The number of aryl methyl sites for hydroxylation is 1. The van der Waals surface area contributed by atoms with Crippen LogP contribution in [0.15, 0.2) is 73.1 Å². The number of benzene rings is 2. The predicted octanol–water partition coefficient (Wildman–Crippen LogP) is 4.33. The number of anilines is 1. The van der Waals surface area contributed by atoms with Crippen molar-refractivity contribution < 1.29 is 22.8 Å². The van der Waals surface area contributed by atoms with Gasteiger partial charge in [-0.1, -0.05) is 12.1 Å². The highest BCUT2D eigenvalue weighted by molar-refractivity contribution is 6.03. The van der Waals surface area contributed by atoms with Crippen molar-refractivity contribution in [2.45, 2.75) is 6.54 Å². The lowest BCUT2D eigenvalue weighted by molar-refractivity contribution is 0.0950. The van der Waals surface area contributed by atoms with E-state index in [2.05, 4.69) is 20.7 Å². The number of nitrogens with zero attached hydrogens (tertiary/aromatic N) is 4. The molecule has 0 bridgehead atoms. The maximum absolute atomic E-state index is 14.7. The molecule has 0 aliphatic heterocycles. The van der Waals surface area contributed by atoms with E-state index in [-0.39, 0.29) is 23.4 Å². The molecule has 2 N–H and O–H groups in total. The van der Waals surface area contributed by atoms with Crippen molar-refractivity contribution in [3.8, 4) is 11.3 Å². The summed E-state index contributed by atoms with van der Waals surface area (Å²) in [5, 5.41) is 9.61. The Bertz CT molecular complexity index is 1660. The van der Waals surface area contributed by atoms with Crippen LogP contribution >= 0.6 is 0 Å². The summed E-state index contributed by atoms with van der Waals surface area (Å²) in [6.07, 6.45) is 3.16. The standard InChI is InChI=1S/C26H19F3N6O2/c1-34-24(32-26(37)22-14-30-23-4-2-3-9-35(22)23)12-21(33-34)17-11-16(6-8-18(17)27)25(36)31-13-15-5-7-19(28)20(29)10-15/h2-12,14H,13H2,1H3,(H,31,36)(H,32,37). The molecule has 0 unspecified atom stereocenters. The highest BCUT2D eigenvalue weighted by Crippen LogP contribution is 2.26. The number of rotatable bonds is 6. The molecule has 0 aliphatic carbocycles. The van der Waals surface area contributed by atoms with Gasteiger partial charge in [0, 0.05) is 37.0 Å². The van der Waals surface area contributed by atoms with Crippen molar-refractivity contribution in [1.82, 2.24) is 24.5 Å². The Hall–Kier alpha value is -4.93. The maximum Gasteiger partial charge on any atom is 0.275 e. The smallest absolute Gasteiger partial charge is 0.275 e. The van der Waals surface area contributed by atoms with E-state index >= 15 is 0 Å². The fourth-order valence-electron chi connectivity index (χ4n) is 3.79. The minimum Gasteiger partial charge on any atom is -0.348 e. The van der Waals surface area contributed by atoms with Crippen molar-refractivity contribution >= 4 is 23.3 Å². The summed E-state index contributed by atoms with van der Waals surface area (Å²) >= 11 is 0. The number of nitrogens with one attached hydrogen (secondary N) is 2. The van der Waals surface area contributed by atoms with Crippen molar-refractivity contribution in [1.29, 1.82) is 0 Å². The fraction of sp³-hybridized carbons (Fsp3) is 0.0769. The van der Waals surface area contributed by atoms with E-state index < -0.39 is 29.3 Å². The van der Waals surface area contributed by atoms with Crippen molar-refractivity contribution in [2.24, 2.45) is 7.05 Å². The van der Waals surface area contributed by atoms with Crippen LogP contribution in [0, 0.1) is 17.5 Å². The monoisotopic (exact) mass is 504 g/mol. The van der Waals surface area contributed by atoms with Crippen molar-refractivity contribution in [2.75, 3.05) is 5.32 Å². The van der Waals surface area contributed by atoms with E-state index in [1.54, 1.807) is 29.8 Å². The van der Waals surface area contributed by atoms with Gasteiger partial charge in [0.15, 0.2) is 11.6 Å². The predicted molar refractivity (Wildman–Crippen MR) is 129 cm³/mol. The molecule has 0 radical (unpaired) electrons. The van der Waals surface area contributed by atoms with Crippen LogP contribution in [0.5, 0.6) is 0 Å². The van der Waals surface area contributed by atoms with Gasteiger partial charge in [-0.15, -0.1) is 0 Å². The average molecular weight is 504 g/mol. The summed E-state index contributed by atoms with van der Waals surface area (Å²) in [4.78, 5) is 29.7. The van der Waals surface area contributed by atoms with Gasteiger partial charge in [0.1, 0.15) is 23.0 Å². The highest BCUT2D eigenvalue weighted by Gasteiger charge is 2.18. The van der Waals surface area contributed by atoms with Gasteiger partial charge in [0.2, 0.25) is 0 Å². The lowest BCUT2D eigenvalue weighted by Crippen LogP contribution is -2.23. The van der Waals surface area contributed by atoms with Crippen LogP contribution in [0.4, 0.5) is 19.0 Å². The molecule has 0 aliphatic rings. The lowest BCUT2D eigenvalue weighted by Gasteiger charge is -2.08.